The maximum absolute atomic E-state index is 13.6. The van der Waals surface area contributed by atoms with E-state index in [2.05, 4.69) is 41.1 Å². The first-order valence-corrected chi connectivity index (χ1v) is 12.7. The molecule has 2 aliphatic rings. The van der Waals surface area contributed by atoms with E-state index in [0.29, 0.717) is 30.5 Å². The number of hydrogen-bond donors (Lipinski definition) is 1. The number of rotatable bonds is 8. The zero-order valence-electron chi connectivity index (χ0n) is 20.8. The van der Waals surface area contributed by atoms with Gasteiger partial charge in [-0.25, -0.2) is 0 Å². The fraction of sp³-hybridized carbons (Fsp3) is 0.536. The maximum Gasteiger partial charge on any atom is 0.246 e. The third-order valence-corrected chi connectivity index (χ3v) is 6.83. The lowest BCUT2D eigenvalue weighted by Crippen LogP contribution is -2.49. The minimum atomic E-state index is -0.319. The highest BCUT2D eigenvalue weighted by Crippen LogP contribution is 2.31. The Morgan fingerprint density at radius 1 is 1.03 bits per heavy atom. The van der Waals surface area contributed by atoms with E-state index < -0.39 is 0 Å². The van der Waals surface area contributed by atoms with Gasteiger partial charge in [0, 0.05) is 19.6 Å². The van der Waals surface area contributed by atoms with Crippen LogP contribution in [0, 0.1) is 5.92 Å². The Kier molecular flexibility index (Phi) is 8.59. The zero-order valence-corrected chi connectivity index (χ0v) is 20.8. The first-order valence-electron chi connectivity index (χ1n) is 12.7. The van der Waals surface area contributed by atoms with Gasteiger partial charge in [0.05, 0.1) is 24.5 Å². The maximum atomic E-state index is 13.6. The SMILES string of the molecule is CCOc1ccccc1NC(=O)[C@@H](c1ccccc1)N1CCC(CN2C[C@@H](C)O[C@@H](C)C2)CC1. The van der Waals surface area contributed by atoms with E-state index in [1.54, 1.807) is 0 Å². The number of morpholine rings is 1. The van der Waals surface area contributed by atoms with Gasteiger partial charge in [-0.3, -0.25) is 14.6 Å². The van der Waals surface area contributed by atoms with Crippen LogP contribution in [0.2, 0.25) is 0 Å². The highest BCUT2D eigenvalue weighted by molar-refractivity contribution is 5.96. The van der Waals surface area contributed by atoms with Crippen molar-refractivity contribution in [1.82, 2.24) is 9.80 Å². The summed E-state index contributed by atoms with van der Waals surface area (Å²) in [6.07, 6.45) is 2.81. The Morgan fingerprint density at radius 3 is 2.35 bits per heavy atom. The van der Waals surface area contributed by atoms with Crippen molar-refractivity contribution < 1.29 is 14.3 Å². The molecule has 2 aromatic carbocycles. The highest BCUT2D eigenvalue weighted by atomic mass is 16.5. The number of piperidine rings is 1. The summed E-state index contributed by atoms with van der Waals surface area (Å²) < 4.78 is 11.6. The van der Waals surface area contributed by atoms with Gasteiger partial charge in [0.25, 0.3) is 0 Å². The number of nitrogens with one attached hydrogen (secondary N) is 1. The van der Waals surface area contributed by atoms with Crippen molar-refractivity contribution in [2.24, 2.45) is 5.92 Å². The number of amides is 1. The van der Waals surface area contributed by atoms with Crippen LogP contribution in [0.15, 0.2) is 54.6 Å². The lowest BCUT2D eigenvalue weighted by Gasteiger charge is -2.41. The van der Waals surface area contributed by atoms with Crippen LogP contribution in [-0.2, 0) is 9.53 Å². The van der Waals surface area contributed by atoms with Crippen LogP contribution < -0.4 is 10.1 Å². The second-order valence-electron chi connectivity index (χ2n) is 9.69. The van der Waals surface area contributed by atoms with Gasteiger partial charge in [0.2, 0.25) is 5.91 Å². The van der Waals surface area contributed by atoms with Gasteiger partial charge >= 0.3 is 0 Å². The van der Waals surface area contributed by atoms with Crippen LogP contribution in [0.5, 0.6) is 5.75 Å². The summed E-state index contributed by atoms with van der Waals surface area (Å²) in [4.78, 5) is 18.5. The second kappa shape index (κ2) is 11.8. The molecule has 1 amide bonds. The van der Waals surface area contributed by atoms with Gasteiger partial charge in [0.15, 0.2) is 0 Å². The molecule has 2 fully saturated rings. The Morgan fingerprint density at radius 2 is 1.68 bits per heavy atom. The van der Waals surface area contributed by atoms with Crippen LogP contribution in [0.1, 0.15) is 45.2 Å². The molecule has 0 aliphatic carbocycles. The number of carbonyl (C=O) groups is 1. The van der Waals surface area contributed by atoms with Crippen LogP contribution >= 0.6 is 0 Å². The van der Waals surface area contributed by atoms with E-state index in [1.165, 1.54) is 0 Å². The van der Waals surface area contributed by atoms with Crippen molar-refractivity contribution in [3.63, 3.8) is 0 Å². The fourth-order valence-corrected chi connectivity index (χ4v) is 5.41. The molecule has 4 rings (SSSR count). The number of benzene rings is 2. The third-order valence-electron chi connectivity index (χ3n) is 6.83. The van der Waals surface area contributed by atoms with Crippen LogP contribution in [-0.4, -0.2) is 67.2 Å². The van der Waals surface area contributed by atoms with Crippen molar-refractivity contribution in [1.29, 1.82) is 0 Å². The van der Waals surface area contributed by atoms with E-state index in [-0.39, 0.29) is 11.9 Å². The van der Waals surface area contributed by atoms with E-state index in [4.69, 9.17) is 9.47 Å². The molecule has 2 aliphatic heterocycles. The van der Waals surface area contributed by atoms with Gasteiger partial charge in [-0.2, -0.15) is 0 Å². The van der Waals surface area contributed by atoms with Gasteiger partial charge < -0.3 is 14.8 Å². The highest BCUT2D eigenvalue weighted by Gasteiger charge is 2.33. The van der Waals surface area contributed by atoms with Crippen LogP contribution in [0.3, 0.4) is 0 Å². The van der Waals surface area contributed by atoms with Crippen LogP contribution in [0.4, 0.5) is 5.69 Å². The molecule has 34 heavy (non-hydrogen) atoms. The van der Waals surface area contributed by atoms with Crippen molar-refractivity contribution in [3.05, 3.63) is 60.2 Å². The average molecular weight is 466 g/mol. The fourth-order valence-electron chi connectivity index (χ4n) is 5.41. The molecule has 0 bridgehead atoms. The third kappa shape index (κ3) is 6.38. The second-order valence-corrected chi connectivity index (χ2v) is 9.69. The lowest BCUT2D eigenvalue weighted by molar-refractivity contribution is -0.122. The molecule has 6 heteroatoms. The molecule has 2 aromatic rings. The number of para-hydroxylation sites is 2. The molecule has 2 saturated heterocycles. The molecular formula is C28H39N3O3. The monoisotopic (exact) mass is 465 g/mol. The van der Waals surface area contributed by atoms with Gasteiger partial charge in [-0.05, 0) is 70.3 Å². The molecule has 184 valence electrons. The summed E-state index contributed by atoms with van der Waals surface area (Å²) in [5.74, 6) is 1.36. The zero-order chi connectivity index (χ0) is 23.9. The minimum absolute atomic E-state index is 0.00682. The van der Waals surface area contributed by atoms with Crippen LogP contribution in [0.25, 0.3) is 0 Å². The van der Waals surface area contributed by atoms with E-state index in [9.17, 15) is 4.79 Å². The van der Waals surface area contributed by atoms with E-state index >= 15 is 0 Å². The molecule has 0 spiro atoms. The van der Waals surface area contributed by atoms with Crippen molar-refractivity contribution in [2.75, 3.05) is 44.6 Å². The Balaban J connectivity index is 1.43. The van der Waals surface area contributed by atoms with Crippen molar-refractivity contribution >= 4 is 11.6 Å². The summed E-state index contributed by atoms with van der Waals surface area (Å²) in [7, 11) is 0. The number of carbonyl (C=O) groups excluding carboxylic acids is 1. The average Bonchev–Trinajstić information content (AvgIpc) is 2.82. The molecule has 0 radical (unpaired) electrons. The van der Waals surface area contributed by atoms with Gasteiger partial charge in [0.1, 0.15) is 11.8 Å². The normalized spacial score (nSPS) is 23.4. The largest absolute Gasteiger partial charge is 0.492 e. The molecule has 6 nitrogen and oxygen atoms in total. The smallest absolute Gasteiger partial charge is 0.246 e. The molecule has 0 unspecified atom stereocenters. The number of ether oxygens (including phenoxy) is 2. The molecule has 2 heterocycles. The standard InChI is InChI=1S/C28H39N3O3/c1-4-33-26-13-9-8-12-25(26)29-28(32)27(24-10-6-5-7-11-24)31-16-14-23(15-17-31)20-30-18-21(2)34-22(3)19-30/h5-13,21-23,27H,4,14-20H2,1-3H3,(H,29,32)/t21-,22+,27-/m1/s1. The van der Waals surface area contributed by atoms with Gasteiger partial charge in [-0.1, -0.05) is 42.5 Å². The lowest BCUT2D eigenvalue weighted by atomic mass is 9.93. The molecule has 3 atom stereocenters. The Bertz CT molecular complexity index is 904. The molecular weight excluding hydrogens is 426 g/mol. The topological polar surface area (TPSA) is 54.0 Å². The number of nitrogens with zero attached hydrogens (tertiary/aromatic N) is 2. The predicted octanol–water partition coefficient (Wildman–Crippen LogP) is 4.59. The summed E-state index contributed by atoms with van der Waals surface area (Å²) in [6.45, 7) is 11.8. The molecule has 0 aromatic heterocycles. The number of likely N-dealkylation sites (tertiary alicyclic amines) is 1. The first kappa shape index (κ1) is 24.7. The molecule has 0 saturated carbocycles. The quantitative estimate of drug-likeness (QED) is 0.618. The first-order chi connectivity index (χ1) is 16.5. The van der Waals surface area contributed by atoms with Crippen molar-refractivity contribution in [2.45, 2.75) is 51.9 Å². The summed E-state index contributed by atoms with van der Waals surface area (Å²) in [5, 5.41) is 3.15. The Hall–Kier alpha value is -2.41. The summed E-state index contributed by atoms with van der Waals surface area (Å²) >= 11 is 0. The predicted molar refractivity (Wildman–Crippen MR) is 136 cm³/mol. The van der Waals surface area contributed by atoms with E-state index in [0.717, 1.165) is 56.8 Å². The number of hydrogen-bond acceptors (Lipinski definition) is 5. The summed E-state index contributed by atoms with van der Waals surface area (Å²) in [6, 6.07) is 17.5. The molecule has 1 N–H and O–H groups in total. The minimum Gasteiger partial charge on any atom is -0.492 e. The van der Waals surface area contributed by atoms with Crippen molar-refractivity contribution in [3.8, 4) is 5.75 Å². The number of anilines is 1. The Labute approximate surface area is 204 Å². The van der Waals surface area contributed by atoms with E-state index in [1.807, 2.05) is 49.4 Å². The van der Waals surface area contributed by atoms with Gasteiger partial charge in [-0.15, -0.1) is 0 Å². The summed E-state index contributed by atoms with van der Waals surface area (Å²) in [5.41, 5.74) is 1.75.